The van der Waals surface area contributed by atoms with Gasteiger partial charge in [0.25, 0.3) is 0 Å². The summed E-state index contributed by atoms with van der Waals surface area (Å²) in [5, 5.41) is 9.30. The number of amides is 1. The Kier molecular flexibility index (Phi) is 5.90. The lowest BCUT2D eigenvalue weighted by Gasteiger charge is -2.23. The molecule has 2 aromatic heterocycles. The van der Waals surface area contributed by atoms with Gasteiger partial charge >= 0.3 is 12.1 Å². The maximum Gasteiger partial charge on any atom is 0.416 e. The first kappa shape index (κ1) is 22.8. The zero-order valence-corrected chi connectivity index (χ0v) is 18.3. The number of carboxylic acids is 1. The highest BCUT2D eigenvalue weighted by Gasteiger charge is 2.34. The number of pyridine rings is 1. The third-order valence-corrected chi connectivity index (χ3v) is 5.87. The van der Waals surface area contributed by atoms with E-state index < -0.39 is 17.7 Å². The fourth-order valence-electron chi connectivity index (χ4n) is 4.04. The fourth-order valence-corrected chi connectivity index (χ4v) is 4.04. The first-order valence-corrected chi connectivity index (χ1v) is 10.8. The summed E-state index contributed by atoms with van der Waals surface area (Å²) in [4.78, 5) is 30.2. The van der Waals surface area contributed by atoms with Crippen LogP contribution in [0.3, 0.4) is 0 Å². The van der Waals surface area contributed by atoms with E-state index in [0.29, 0.717) is 40.0 Å². The van der Waals surface area contributed by atoms with Gasteiger partial charge in [0, 0.05) is 36.5 Å². The minimum atomic E-state index is -4.53. The van der Waals surface area contributed by atoms with E-state index in [1.165, 1.54) is 10.6 Å². The molecule has 6 nitrogen and oxygen atoms in total. The van der Waals surface area contributed by atoms with Crippen LogP contribution in [0.5, 0.6) is 0 Å². The summed E-state index contributed by atoms with van der Waals surface area (Å²) in [6.07, 6.45) is -1.32. The average molecular weight is 459 g/mol. The number of nitrogens with zero attached hydrogens (tertiary/aromatic N) is 3. The maximum absolute atomic E-state index is 13.5. The number of carboxylic acid groups (broad SMARTS) is 1. The molecule has 3 aromatic rings. The predicted molar refractivity (Wildman–Crippen MR) is 116 cm³/mol. The van der Waals surface area contributed by atoms with Gasteiger partial charge in [-0.2, -0.15) is 13.2 Å². The molecule has 9 heteroatoms. The molecule has 0 aliphatic heterocycles. The van der Waals surface area contributed by atoms with Gasteiger partial charge in [0.2, 0.25) is 5.91 Å². The van der Waals surface area contributed by atoms with Crippen LogP contribution in [0, 0.1) is 12.8 Å². The van der Waals surface area contributed by atoms with Gasteiger partial charge in [0.1, 0.15) is 6.54 Å². The largest absolute Gasteiger partial charge is 0.480 e. The predicted octanol–water partition coefficient (Wildman–Crippen LogP) is 4.87. The summed E-state index contributed by atoms with van der Waals surface area (Å²) >= 11 is 0. The van der Waals surface area contributed by atoms with Gasteiger partial charge in [-0.1, -0.05) is 6.07 Å². The Bertz CT molecular complexity index is 1230. The molecule has 33 heavy (non-hydrogen) atoms. The lowest BCUT2D eigenvalue weighted by atomic mass is 9.97. The number of fused-ring (bicyclic) bond motifs is 1. The first-order valence-electron chi connectivity index (χ1n) is 10.8. The molecule has 2 heterocycles. The van der Waals surface area contributed by atoms with Gasteiger partial charge in [-0.25, -0.2) is 0 Å². The summed E-state index contributed by atoms with van der Waals surface area (Å²) in [5.74, 6) is -1.15. The zero-order chi connectivity index (χ0) is 23.9. The molecule has 0 radical (unpaired) electrons. The lowest BCUT2D eigenvalue weighted by molar-refractivity contribution is -0.138. The van der Waals surface area contributed by atoms with Crippen molar-refractivity contribution in [2.24, 2.45) is 5.92 Å². The number of hydrogen-bond donors (Lipinski definition) is 1. The third kappa shape index (κ3) is 4.72. The van der Waals surface area contributed by atoms with E-state index >= 15 is 0 Å². The van der Waals surface area contributed by atoms with Crippen LogP contribution < -0.4 is 0 Å². The third-order valence-electron chi connectivity index (χ3n) is 5.87. The van der Waals surface area contributed by atoms with Crippen LogP contribution in [0.15, 0.2) is 36.5 Å². The van der Waals surface area contributed by atoms with Crippen molar-refractivity contribution in [2.75, 3.05) is 6.54 Å². The van der Waals surface area contributed by atoms with E-state index in [0.717, 1.165) is 25.0 Å². The first-order chi connectivity index (χ1) is 15.6. The summed E-state index contributed by atoms with van der Waals surface area (Å²) in [7, 11) is 0. The van der Waals surface area contributed by atoms with Crippen molar-refractivity contribution < 1.29 is 27.9 Å². The molecule has 1 aromatic carbocycles. The standard InChI is InChI=1S/C24H24F3N3O3/c1-3-29(23(33)15-5-6-15)11-16-10-17(24(25,26)27)7-8-18(16)19-12-30(13-21(31)32)20-9-4-14(2)28-22(19)20/h4,7-10,12,15H,3,5-6,11,13H2,1-2H3,(H,31,32). The summed E-state index contributed by atoms with van der Waals surface area (Å²) in [6.45, 7) is 3.69. The van der Waals surface area contributed by atoms with Gasteiger partial charge in [-0.05, 0) is 62.1 Å². The molecule has 0 spiro atoms. The SMILES string of the molecule is CCN(Cc1cc(C(F)(F)F)ccc1-c1cn(CC(=O)O)c2ccc(C)nc12)C(=O)C1CC1. The van der Waals surface area contributed by atoms with Crippen LogP contribution in [0.25, 0.3) is 22.2 Å². The molecule has 1 aliphatic carbocycles. The molecular weight excluding hydrogens is 435 g/mol. The van der Waals surface area contributed by atoms with Gasteiger partial charge in [-0.15, -0.1) is 0 Å². The lowest BCUT2D eigenvalue weighted by Crippen LogP contribution is -2.31. The Morgan fingerprint density at radius 3 is 2.52 bits per heavy atom. The summed E-state index contributed by atoms with van der Waals surface area (Å²) in [6, 6.07) is 6.98. The van der Waals surface area contributed by atoms with Crippen molar-refractivity contribution in [3.63, 3.8) is 0 Å². The molecule has 0 saturated heterocycles. The quantitative estimate of drug-likeness (QED) is 0.547. The normalized spacial score (nSPS) is 14.0. The Labute approximate surface area is 188 Å². The fraction of sp³-hybridized carbons (Fsp3) is 0.375. The minimum absolute atomic E-state index is 0.0303. The second kappa shape index (κ2) is 8.53. The average Bonchev–Trinajstić information content (AvgIpc) is 3.54. The Hall–Kier alpha value is -3.36. The van der Waals surface area contributed by atoms with Crippen molar-refractivity contribution in [3.05, 3.63) is 53.3 Å². The highest BCUT2D eigenvalue weighted by molar-refractivity contribution is 5.95. The van der Waals surface area contributed by atoms with E-state index in [9.17, 15) is 27.9 Å². The van der Waals surface area contributed by atoms with E-state index in [2.05, 4.69) is 4.98 Å². The van der Waals surface area contributed by atoms with Crippen LogP contribution in [-0.2, 0) is 28.9 Å². The summed E-state index contributed by atoms with van der Waals surface area (Å²) < 4.78 is 42.0. The number of alkyl halides is 3. The number of carbonyl (C=O) groups excluding carboxylic acids is 1. The molecule has 1 amide bonds. The van der Waals surface area contributed by atoms with Gasteiger partial charge in [0.05, 0.1) is 16.6 Å². The molecule has 1 saturated carbocycles. The van der Waals surface area contributed by atoms with Gasteiger partial charge in [0.15, 0.2) is 0 Å². The van der Waals surface area contributed by atoms with Crippen molar-refractivity contribution in [1.29, 1.82) is 0 Å². The van der Waals surface area contributed by atoms with E-state index in [1.807, 2.05) is 0 Å². The van der Waals surface area contributed by atoms with Crippen molar-refractivity contribution in [1.82, 2.24) is 14.5 Å². The molecule has 4 rings (SSSR count). The molecule has 1 aliphatic rings. The topological polar surface area (TPSA) is 75.4 Å². The number of aryl methyl sites for hydroxylation is 1. The highest BCUT2D eigenvalue weighted by atomic mass is 19.4. The van der Waals surface area contributed by atoms with Crippen LogP contribution in [0.4, 0.5) is 13.2 Å². The van der Waals surface area contributed by atoms with Crippen LogP contribution in [0.1, 0.15) is 36.6 Å². The minimum Gasteiger partial charge on any atom is -0.480 e. The molecule has 0 unspecified atom stereocenters. The molecule has 1 N–H and O–H groups in total. The van der Waals surface area contributed by atoms with Gasteiger partial charge in [-0.3, -0.25) is 14.6 Å². The van der Waals surface area contributed by atoms with E-state index in [1.54, 1.807) is 37.1 Å². The number of halogens is 3. The van der Waals surface area contributed by atoms with Crippen molar-refractivity contribution in [2.45, 2.75) is 46.0 Å². The maximum atomic E-state index is 13.5. The van der Waals surface area contributed by atoms with E-state index in [4.69, 9.17) is 0 Å². The number of benzene rings is 1. The van der Waals surface area contributed by atoms with Gasteiger partial charge < -0.3 is 14.6 Å². The van der Waals surface area contributed by atoms with Crippen molar-refractivity contribution in [3.8, 4) is 11.1 Å². The van der Waals surface area contributed by atoms with Crippen molar-refractivity contribution >= 4 is 22.9 Å². The van der Waals surface area contributed by atoms with Crippen LogP contribution in [-0.4, -0.2) is 38.0 Å². The molecule has 174 valence electrons. The van der Waals surface area contributed by atoms with E-state index in [-0.39, 0.29) is 24.9 Å². The Morgan fingerprint density at radius 2 is 1.91 bits per heavy atom. The molecule has 0 atom stereocenters. The molecular formula is C24H24F3N3O3. The van der Waals surface area contributed by atoms with Crippen LogP contribution in [0.2, 0.25) is 0 Å². The smallest absolute Gasteiger partial charge is 0.416 e. The zero-order valence-electron chi connectivity index (χ0n) is 18.3. The highest BCUT2D eigenvalue weighted by Crippen LogP contribution is 2.38. The second-order valence-electron chi connectivity index (χ2n) is 8.38. The number of rotatable bonds is 7. The number of aliphatic carboxylic acids is 1. The number of carbonyl (C=O) groups is 2. The second-order valence-corrected chi connectivity index (χ2v) is 8.38. The van der Waals surface area contributed by atoms with Crippen LogP contribution >= 0.6 is 0 Å². The Morgan fingerprint density at radius 1 is 1.18 bits per heavy atom. The number of aromatic nitrogens is 2. The molecule has 1 fully saturated rings. The number of hydrogen-bond acceptors (Lipinski definition) is 3. The molecule has 0 bridgehead atoms. The summed E-state index contributed by atoms with van der Waals surface area (Å²) in [5.41, 5.74) is 2.36. The Balaban J connectivity index is 1.88. The monoisotopic (exact) mass is 459 g/mol.